The molecule has 0 amide bonds. The van der Waals surface area contributed by atoms with Crippen molar-refractivity contribution in [3.8, 4) is 0 Å². The van der Waals surface area contributed by atoms with Crippen LogP contribution in [0.1, 0.15) is 39.5 Å². The molecule has 0 radical (unpaired) electrons. The predicted molar refractivity (Wildman–Crippen MR) is 46.3 cm³/mol. The number of alkyl halides is 3. The van der Waals surface area contributed by atoms with Crippen molar-refractivity contribution in [2.75, 3.05) is 0 Å². The van der Waals surface area contributed by atoms with E-state index < -0.39 is 12.1 Å². The SMILES string of the molecule is CC(C)[C@@H]1CCC[C@H](C(F)(F)F)C1. The van der Waals surface area contributed by atoms with Gasteiger partial charge in [0.25, 0.3) is 0 Å². The third kappa shape index (κ3) is 2.89. The maximum absolute atomic E-state index is 12.4. The van der Waals surface area contributed by atoms with E-state index in [9.17, 15) is 13.2 Å². The van der Waals surface area contributed by atoms with E-state index in [1.54, 1.807) is 0 Å². The molecular weight excluding hydrogens is 177 g/mol. The second-order valence-electron chi connectivity index (χ2n) is 4.41. The second kappa shape index (κ2) is 3.89. The van der Waals surface area contributed by atoms with Crippen LogP contribution in [0.3, 0.4) is 0 Å². The Labute approximate surface area is 77.5 Å². The molecule has 1 rings (SSSR count). The van der Waals surface area contributed by atoms with Crippen LogP contribution in [0.2, 0.25) is 0 Å². The Balaban J connectivity index is 2.52. The summed E-state index contributed by atoms with van der Waals surface area (Å²) in [6, 6.07) is 0. The fraction of sp³-hybridized carbons (Fsp3) is 1.00. The molecule has 0 unspecified atom stereocenters. The van der Waals surface area contributed by atoms with Crippen molar-refractivity contribution in [3.63, 3.8) is 0 Å². The van der Waals surface area contributed by atoms with E-state index in [1.807, 2.05) is 13.8 Å². The number of hydrogen-bond acceptors (Lipinski definition) is 0. The molecule has 0 spiro atoms. The highest BCUT2D eigenvalue weighted by Crippen LogP contribution is 2.41. The number of halogens is 3. The lowest BCUT2D eigenvalue weighted by molar-refractivity contribution is -0.186. The molecule has 0 aromatic rings. The van der Waals surface area contributed by atoms with Crippen molar-refractivity contribution in [2.45, 2.75) is 45.7 Å². The second-order valence-corrected chi connectivity index (χ2v) is 4.41. The summed E-state index contributed by atoms with van der Waals surface area (Å²) < 4.78 is 37.1. The van der Waals surface area contributed by atoms with Crippen LogP contribution >= 0.6 is 0 Å². The van der Waals surface area contributed by atoms with Gasteiger partial charge in [0, 0.05) is 0 Å². The lowest BCUT2D eigenvalue weighted by Crippen LogP contribution is -2.30. The molecule has 0 bridgehead atoms. The Morgan fingerprint density at radius 2 is 1.77 bits per heavy atom. The fourth-order valence-electron chi connectivity index (χ4n) is 2.13. The summed E-state index contributed by atoms with van der Waals surface area (Å²) in [5, 5.41) is 0. The van der Waals surface area contributed by atoms with E-state index in [4.69, 9.17) is 0 Å². The van der Waals surface area contributed by atoms with Gasteiger partial charge in [-0.05, 0) is 24.7 Å². The molecule has 0 aliphatic heterocycles. The van der Waals surface area contributed by atoms with Crippen molar-refractivity contribution in [2.24, 2.45) is 17.8 Å². The third-order valence-electron chi connectivity index (χ3n) is 3.12. The van der Waals surface area contributed by atoms with Crippen LogP contribution in [0, 0.1) is 17.8 Å². The van der Waals surface area contributed by atoms with Gasteiger partial charge < -0.3 is 0 Å². The van der Waals surface area contributed by atoms with E-state index in [-0.39, 0.29) is 5.92 Å². The molecule has 1 aliphatic carbocycles. The average Bonchev–Trinajstić information content (AvgIpc) is 2.03. The fourth-order valence-corrected chi connectivity index (χ4v) is 2.13. The molecule has 0 saturated heterocycles. The van der Waals surface area contributed by atoms with Gasteiger partial charge in [-0.15, -0.1) is 0 Å². The van der Waals surface area contributed by atoms with Gasteiger partial charge in [-0.2, -0.15) is 13.2 Å². The first-order chi connectivity index (χ1) is 5.91. The van der Waals surface area contributed by atoms with Gasteiger partial charge in [0.15, 0.2) is 0 Å². The molecule has 1 saturated carbocycles. The van der Waals surface area contributed by atoms with Crippen LogP contribution in [-0.4, -0.2) is 6.18 Å². The highest BCUT2D eigenvalue weighted by atomic mass is 19.4. The monoisotopic (exact) mass is 194 g/mol. The van der Waals surface area contributed by atoms with Crippen LogP contribution in [0.5, 0.6) is 0 Å². The minimum atomic E-state index is -3.96. The largest absolute Gasteiger partial charge is 0.391 e. The molecule has 0 nitrogen and oxygen atoms in total. The van der Waals surface area contributed by atoms with E-state index in [0.717, 1.165) is 12.8 Å². The summed E-state index contributed by atoms with van der Waals surface area (Å²) in [7, 11) is 0. The highest BCUT2D eigenvalue weighted by molar-refractivity contribution is 4.79. The van der Waals surface area contributed by atoms with Crippen molar-refractivity contribution < 1.29 is 13.2 Å². The van der Waals surface area contributed by atoms with Gasteiger partial charge >= 0.3 is 6.18 Å². The minimum absolute atomic E-state index is 0.278. The predicted octanol–water partition coefficient (Wildman–Crippen LogP) is 4.01. The summed E-state index contributed by atoms with van der Waals surface area (Å²) in [6.07, 6.45) is -1.56. The van der Waals surface area contributed by atoms with Crippen LogP contribution < -0.4 is 0 Å². The standard InChI is InChI=1S/C10H17F3/c1-7(2)8-4-3-5-9(6-8)10(11,12)13/h7-9H,3-6H2,1-2H3/t8-,9+/m1/s1. The molecule has 1 fully saturated rings. The molecule has 2 atom stereocenters. The topological polar surface area (TPSA) is 0 Å². The Morgan fingerprint density at radius 1 is 1.15 bits per heavy atom. The van der Waals surface area contributed by atoms with Gasteiger partial charge in [-0.3, -0.25) is 0 Å². The van der Waals surface area contributed by atoms with Crippen molar-refractivity contribution in [3.05, 3.63) is 0 Å². The zero-order valence-corrected chi connectivity index (χ0v) is 8.19. The first-order valence-corrected chi connectivity index (χ1v) is 4.98. The Morgan fingerprint density at radius 3 is 2.23 bits per heavy atom. The normalized spacial score (nSPS) is 30.9. The zero-order chi connectivity index (χ0) is 10.1. The summed E-state index contributed by atoms with van der Waals surface area (Å²) in [5.74, 6) is -0.362. The molecule has 0 N–H and O–H groups in total. The van der Waals surface area contributed by atoms with Crippen LogP contribution in [-0.2, 0) is 0 Å². The first kappa shape index (κ1) is 10.9. The molecule has 0 aromatic heterocycles. The Bertz CT molecular complexity index is 160. The third-order valence-corrected chi connectivity index (χ3v) is 3.12. The summed E-state index contributed by atoms with van der Waals surface area (Å²) in [6.45, 7) is 4.03. The Hall–Kier alpha value is -0.210. The summed E-state index contributed by atoms with van der Waals surface area (Å²) >= 11 is 0. The van der Waals surface area contributed by atoms with E-state index in [1.165, 1.54) is 0 Å². The van der Waals surface area contributed by atoms with Crippen LogP contribution in [0.15, 0.2) is 0 Å². The minimum Gasteiger partial charge on any atom is -0.171 e. The van der Waals surface area contributed by atoms with E-state index in [2.05, 4.69) is 0 Å². The van der Waals surface area contributed by atoms with Crippen molar-refractivity contribution >= 4 is 0 Å². The number of hydrogen-bond donors (Lipinski definition) is 0. The summed E-state index contributed by atoms with van der Waals surface area (Å²) in [5.41, 5.74) is 0. The Kier molecular flexibility index (Phi) is 3.25. The van der Waals surface area contributed by atoms with Gasteiger partial charge in [0.2, 0.25) is 0 Å². The molecular formula is C10H17F3. The smallest absolute Gasteiger partial charge is 0.171 e. The molecule has 13 heavy (non-hydrogen) atoms. The molecule has 1 aliphatic rings. The van der Waals surface area contributed by atoms with Crippen molar-refractivity contribution in [1.29, 1.82) is 0 Å². The van der Waals surface area contributed by atoms with Gasteiger partial charge in [-0.1, -0.05) is 26.7 Å². The molecule has 0 aromatic carbocycles. The number of rotatable bonds is 1. The van der Waals surface area contributed by atoms with Crippen LogP contribution in [0.25, 0.3) is 0 Å². The van der Waals surface area contributed by atoms with Gasteiger partial charge in [0.05, 0.1) is 5.92 Å². The zero-order valence-electron chi connectivity index (χ0n) is 8.19. The maximum atomic E-state index is 12.4. The van der Waals surface area contributed by atoms with Gasteiger partial charge in [-0.25, -0.2) is 0 Å². The first-order valence-electron chi connectivity index (χ1n) is 4.98. The quantitative estimate of drug-likeness (QED) is 0.591. The van der Waals surface area contributed by atoms with E-state index in [0.29, 0.717) is 18.8 Å². The average molecular weight is 194 g/mol. The summed E-state index contributed by atoms with van der Waals surface area (Å²) in [4.78, 5) is 0. The van der Waals surface area contributed by atoms with Crippen LogP contribution in [0.4, 0.5) is 13.2 Å². The highest BCUT2D eigenvalue weighted by Gasteiger charge is 2.42. The maximum Gasteiger partial charge on any atom is 0.391 e. The van der Waals surface area contributed by atoms with E-state index >= 15 is 0 Å². The van der Waals surface area contributed by atoms with Gasteiger partial charge in [0.1, 0.15) is 0 Å². The van der Waals surface area contributed by atoms with Crippen molar-refractivity contribution in [1.82, 2.24) is 0 Å². The lowest BCUT2D eigenvalue weighted by atomic mass is 9.76. The molecule has 78 valence electrons. The lowest BCUT2D eigenvalue weighted by Gasteiger charge is -2.32. The molecule has 3 heteroatoms. The molecule has 0 heterocycles.